The number of halogens is 1. The smallest absolute Gasteiger partial charge is 0.315 e. The number of ether oxygens (including phenoxy) is 2. The fourth-order valence-corrected chi connectivity index (χ4v) is 5.92. The molecule has 8 heteroatoms. The molecule has 4 rings (SSSR count). The maximum absolute atomic E-state index is 13.7. The molecule has 0 amide bonds. The number of unbranched alkanes of at least 4 members (excludes halogenated alkanes) is 1. The van der Waals surface area contributed by atoms with E-state index in [0.29, 0.717) is 19.3 Å². The number of thioether (sulfide) groups is 1. The lowest BCUT2D eigenvalue weighted by molar-refractivity contribution is -0.150. The Bertz CT molecular complexity index is 1010. The maximum Gasteiger partial charge on any atom is 0.315 e. The fourth-order valence-electron chi connectivity index (χ4n) is 4.23. The lowest BCUT2D eigenvalue weighted by Gasteiger charge is -2.28. The van der Waals surface area contributed by atoms with Crippen molar-refractivity contribution in [3.63, 3.8) is 0 Å². The van der Waals surface area contributed by atoms with Gasteiger partial charge in [0.15, 0.2) is 0 Å². The van der Waals surface area contributed by atoms with Gasteiger partial charge >= 0.3 is 5.97 Å². The first kappa shape index (κ1) is 26.2. The Balaban J connectivity index is 1.65. The average Bonchev–Trinajstić information content (AvgIpc) is 3.67. The van der Waals surface area contributed by atoms with Crippen molar-refractivity contribution in [2.24, 2.45) is 5.41 Å². The molecule has 1 aliphatic carbocycles. The van der Waals surface area contributed by atoms with E-state index < -0.39 is 5.41 Å². The molecule has 190 valence electrons. The van der Waals surface area contributed by atoms with E-state index in [1.54, 1.807) is 23.7 Å². The molecule has 35 heavy (non-hydrogen) atoms. The second-order valence-electron chi connectivity index (χ2n) is 9.14. The van der Waals surface area contributed by atoms with E-state index >= 15 is 0 Å². The Morgan fingerprint density at radius 1 is 1.23 bits per heavy atom. The number of carbonyl (C=O) groups excluding carboxylic acids is 1. The minimum atomic E-state index is -0.506. The van der Waals surface area contributed by atoms with Gasteiger partial charge in [-0.1, -0.05) is 26.7 Å². The molecule has 5 nitrogen and oxygen atoms in total. The highest BCUT2D eigenvalue weighted by Gasteiger charge is 2.52. The largest absolute Gasteiger partial charge is 0.491 e. The summed E-state index contributed by atoms with van der Waals surface area (Å²) >= 11 is 3.36. The van der Waals surface area contributed by atoms with E-state index in [9.17, 15) is 9.18 Å². The zero-order chi connectivity index (χ0) is 24.8. The molecule has 2 aromatic rings. The van der Waals surface area contributed by atoms with Gasteiger partial charge in [-0.2, -0.15) is 0 Å². The van der Waals surface area contributed by atoms with Crippen LogP contribution in [0.15, 0.2) is 46.2 Å². The number of hydrogen-bond donors (Lipinski definition) is 1. The van der Waals surface area contributed by atoms with Crippen LogP contribution in [0.25, 0.3) is 0 Å². The number of fused-ring (bicyclic) bond motifs is 1. The van der Waals surface area contributed by atoms with Crippen molar-refractivity contribution in [1.82, 2.24) is 4.72 Å². The third-order valence-electron chi connectivity index (χ3n) is 6.46. The SMILES string of the molecule is CCCCC1CN(c2ccc(F)cc2)c2cc(SCC)c(OCC3(C(=O)OCC)CC3)cc2SN1. The molecule has 0 radical (unpaired) electrons. The molecule has 0 aromatic heterocycles. The van der Waals surface area contributed by atoms with Crippen LogP contribution in [0.4, 0.5) is 15.8 Å². The Morgan fingerprint density at radius 2 is 2.00 bits per heavy atom. The molecule has 0 saturated heterocycles. The zero-order valence-electron chi connectivity index (χ0n) is 20.8. The Hall–Kier alpha value is -1.90. The van der Waals surface area contributed by atoms with E-state index in [4.69, 9.17) is 9.47 Å². The fraction of sp³-hybridized carbons (Fsp3) is 0.519. The van der Waals surface area contributed by atoms with Crippen molar-refractivity contribution < 1.29 is 18.7 Å². The van der Waals surface area contributed by atoms with Crippen LogP contribution in [0.5, 0.6) is 5.75 Å². The number of nitrogens with zero attached hydrogens (tertiary/aromatic N) is 1. The van der Waals surface area contributed by atoms with Gasteiger partial charge in [0.25, 0.3) is 0 Å². The van der Waals surface area contributed by atoms with Gasteiger partial charge in [0, 0.05) is 18.3 Å². The molecule has 1 fully saturated rings. The van der Waals surface area contributed by atoms with Crippen LogP contribution in [0.3, 0.4) is 0 Å². The first-order valence-electron chi connectivity index (χ1n) is 12.6. The standard InChI is InChI=1S/C27H35FN2O3S2/c1-4-7-8-20-17-30(21-11-9-19(28)10-12-21)22-15-25(34-6-3)23(16-24(22)35-29-20)33-18-27(13-14-27)26(31)32-5-2/h9-12,15-16,20,29H,4-8,13-14,17-18H2,1-3H3. The van der Waals surface area contributed by atoms with Gasteiger partial charge in [0.2, 0.25) is 0 Å². The third-order valence-corrected chi connectivity index (χ3v) is 8.38. The Morgan fingerprint density at radius 3 is 2.66 bits per heavy atom. The van der Waals surface area contributed by atoms with Gasteiger partial charge in [-0.15, -0.1) is 11.8 Å². The van der Waals surface area contributed by atoms with Crippen LogP contribution in [0.2, 0.25) is 0 Å². The molecule has 0 bridgehead atoms. The van der Waals surface area contributed by atoms with Gasteiger partial charge in [0.1, 0.15) is 23.6 Å². The second kappa shape index (κ2) is 11.9. The topological polar surface area (TPSA) is 50.8 Å². The van der Waals surface area contributed by atoms with Gasteiger partial charge in [-0.3, -0.25) is 9.52 Å². The molecular formula is C27H35FN2O3S2. The predicted molar refractivity (Wildman–Crippen MR) is 142 cm³/mol. The molecule has 1 unspecified atom stereocenters. The summed E-state index contributed by atoms with van der Waals surface area (Å²) in [6.45, 7) is 7.68. The zero-order valence-corrected chi connectivity index (χ0v) is 22.4. The van der Waals surface area contributed by atoms with Gasteiger partial charge in [-0.05, 0) is 80.3 Å². The highest BCUT2D eigenvalue weighted by molar-refractivity contribution is 7.99. The lowest BCUT2D eigenvalue weighted by atomic mass is 10.1. The van der Waals surface area contributed by atoms with Crippen molar-refractivity contribution in [2.75, 3.05) is 30.4 Å². The molecule has 1 N–H and O–H groups in total. The Kier molecular flexibility index (Phi) is 8.89. The predicted octanol–water partition coefficient (Wildman–Crippen LogP) is 6.97. The minimum Gasteiger partial charge on any atom is -0.491 e. The van der Waals surface area contributed by atoms with E-state index in [1.807, 2.05) is 19.1 Å². The summed E-state index contributed by atoms with van der Waals surface area (Å²) in [7, 11) is 0. The van der Waals surface area contributed by atoms with Crippen molar-refractivity contribution in [3.8, 4) is 5.75 Å². The number of carbonyl (C=O) groups is 1. The van der Waals surface area contributed by atoms with Crippen LogP contribution < -0.4 is 14.4 Å². The second-order valence-corrected chi connectivity index (χ2v) is 11.3. The molecule has 1 saturated carbocycles. The monoisotopic (exact) mass is 518 g/mol. The number of nitrogens with one attached hydrogen (secondary N) is 1. The average molecular weight is 519 g/mol. The van der Waals surface area contributed by atoms with E-state index in [0.717, 1.165) is 71.3 Å². The number of rotatable bonds is 11. The molecule has 2 aliphatic rings. The summed E-state index contributed by atoms with van der Waals surface area (Å²) in [5.41, 5.74) is 1.55. The van der Waals surface area contributed by atoms with Crippen molar-refractivity contribution in [3.05, 3.63) is 42.2 Å². The lowest BCUT2D eigenvalue weighted by Crippen LogP contribution is -2.34. The van der Waals surface area contributed by atoms with Crippen LogP contribution in [-0.2, 0) is 9.53 Å². The third kappa shape index (κ3) is 6.27. The van der Waals surface area contributed by atoms with E-state index in [2.05, 4.69) is 35.6 Å². The van der Waals surface area contributed by atoms with E-state index in [-0.39, 0.29) is 11.8 Å². The number of anilines is 2. The maximum atomic E-state index is 13.7. The summed E-state index contributed by atoms with van der Waals surface area (Å²) in [5.74, 6) is 1.31. The highest BCUT2D eigenvalue weighted by Crippen LogP contribution is 2.49. The van der Waals surface area contributed by atoms with Crippen LogP contribution in [0.1, 0.15) is 52.9 Å². The molecule has 0 spiro atoms. The number of benzene rings is 2. The molecule has 1 aliphatic heterocycles. The van der Waals surface area contributed by atoms with E-state index in [1.165, 1.54) is 12.1 Å². The van der Waals surface area contributed by atoms with Crippen molar-refractivity contribution in [2.45, 2.75) is 68.7 Å². The first-order chi connectivity index (χ1) is 17.0. The van der Waals surface area contributed by atoms with Crippen LogP contribution in [0, 0.1) is 11.2 Å². The van der Waals surface area contributed by atoms with Gasteiger partial charge in [0.05, 0.1) is 22.1 Å². The van der Waals surface area contributed by atoms with Crippen molar-refractivity contribution in [1.29, 1.82) is 0 Å². The summed E-state index contributed by atoms with van der Waals surface area (Å²) < 4.78 is 28.9. The summed E-state index contributed by atoms with van der Waals surface area (Å²) in [4.78, 5) is 16.8. The molecular weight excluding hydrogens is 483 g/mol. The highest BCUT2D eigenvalue weighted by atomic mass is 32.2. The van der Waals surface area contributed by atoms with Crippen molar-refractivity contribution >= 4 is 41.1 Å². The first-order valence-corrected chi connectivity index (χ1v) is 14.4. The quantitative estimate of drug-likeness (QED) is 0.196. The van der Waals surface area contributed by atoms with Gasteiger partial charge in [-0.25, -0.2) is 4.39 Å². The Labute approximate surface area is 216 Å². The van der Waals surface area contributed by atoms with Crippen LogP contribution >= 0.6 is 23.7 Å². The normalized spacial score (nSPS) is 18.5. The number of hydrogen-bond acceptors (Lipinski definition) is 7. The summed E-state index contributed by atoms with van der Waals surface area (Å²) in [5, 5.41) is 0. The molecule has 1 heterocycles. The van der Waals surface area contributed by atoms with Gasteiger partial charge < -0.3 is 14.4 Å². The molecule has 1 atom stereocenters. The molecule has 2 aromatic carbocycles. The minimum absolute atomic E-state index is 0.156. The summed E-state index contributed by atoms with van der Waals surface area (Å²) in [6, 6.07) is 11.3. The summed E-state index contributed by atoms with van der Waals surface area (Å²) in [6.07, 6.45) is 4.97. The number of esters is 1. The van der Waals surface area contributed by atoms with Crippen LogP contribution in [-0.4, -0.2) is 37.5 Å².